The molecule has 0 aliphatic carbocycles. The minimum absolute atomic E-state index is 0.142. The average Bonchev–Trinajstić information content (AvgIpc) is 2.40. The number of rotatable bonds is 3. The number of nitrogens with two attached hydrogens (primary N) is 1. The maximum Gasteiger partial charge on any atom is 0.223 e. The molecule has 0 unspecified atom stereocenters. The highest BCUT2D eigenvalue weighted by Crippen LogP contribution is 2.19. The van der Waals surface area contributed by atoms with Gasteiger partial charge in [0.05, 0.1) is 0 Å². The van der Waals surface area contributed by atoms with E-state index in [1.54, 1.807) is 12.1 Å². The van der Waals surface area contributed by atoms with Gasteiger partial charge >= 0.3 is 0 Å². The number of hydrogen-bond acceptors (Lipinski definition) is 4. The molecular weight excluding hydrogens is 230 g/mol. The standard InChI is InChI=1S/C13H19N3O2/c14-6-5-13(18)16-9-7-15(8-10-16)11-1-3-12(17)4-2-11/h1-4,17H,5-10,14H2. The van der Waals surface area contributed by atoms with Gasteiger partial charge in [0.25, 0.3) is 0 Å². The van der Waals surface area contributed by atoms with E-state index >= 15 is 0 Å². The second kappa shape index (κ2) is 5.73. The van der Waals surface area contributed by atoms with Gasteiger partial charge in [-0.05, 0) is 24.3 Å². The van der Waals surface area contributed by atoms with Gasteiger partial charge in [0, 0.05) is 44.8 Å². The van der Waals surface area contributed by atoms with Crippen molar-refractivity contribution in [3.63, 3.8) is 0 Å². The van der Waals surface area contributed by atoms with Crippen LogP contribution in [0.3, 0.4) is 0 Å². The molecule has 5 heteroatoms. The number of amides is 1. The number of carbonyl (C=O) groups excluding carboxylic acids is 1. The Hall–Kier alpha value is -1.75. The van der Waals surface area contributed by atoms with Gasteiger partial charge in [-0.1, -0.05) is 0 Å². The smallest absolute Gasteiger partial charge is 0.223 e. The monoisotopic (exact) mass is 249 g/mol. The van der Waals surface area contributed by atoms with Crippen molar-refractivity contribution in [2.45, 2.75) is 6.42 Å². The molecule has 0 saturated carbocycles. The predicted molar refractivity (Wildman–Crippen MR) is 70.6 cm³/mol. The van der Waals surface area contributed by atoms with Crippen molar-refractivity contribution in [1.29, 1.82) is 0 Å². The molecule has 0 aromatic heterocycles. The van der Waals surface area contributed by atoms with Crippen LogP contribution < -0.4 is 10.6 Å². The van der Waals surface area contributed by atoms with Crippen LogP contribution in [0.25, 0.3) is 0 Å². The number of phenolic OH excluding ortho intramolecular Hbond substituents is 1. The Morgan fingerprint density at radius 1 is 1.17 bits per heavy atom. The first-order valence-electron chi connectivity index (χ1n) is 6.22. The van der Waals surface area contributed by atoms with Crippen LogP contribution in [0, 0.1) is 0 Å². The van der Waals surface area contributed by atoms with Crippen LogP contribution in [-0.2, 0) is 4.79 Å². The lowest BCUT2D eigenvalue weighted by Gasteiger charge is -2.36. The summed E-state index contributed by atoms with van der Waals surface area (Å²) in [4.78, 5) is 15.8. The molecule has 0 spiro atoms. The first kappa shape index (κ1) is 12.7. The van der Waals surface area contributed by atoms with Crippen molar-refractivity contribution < 1.29 is 9.90 Å². The second-order valence-corrected chi connectivity index (χ2v) is 4.42. The summed E-state index contributed by atoms with van der Waals surface area (Å²) in [6, 6.07) is 7.15. The molecule has 3 N–H and O–H groups in total. The molecule has 1 aliphatic heterocycles. The lowest BCUT2D eigenvalue weighted by Crippen LogP contribution is -2.49. The normalized spacial score (nSPS) is 15.8. The molecular formula is C13H19N3O2. The van der Waals surface area contributed by atoms with E-state index in [0.29, 0.717) is 13.0 Å². The quantitative estimate of drug-likeness (QED) is 0.813. The third-order valence-corrected chi connectivity index (χ3v) is 3.21. The number of carbonyl (C=O) groups is 1. The van der Waals surface area contributed by atoms with Crippen LogP contribution in [-0.4, -0.2) is 48.6 Å². The second-order valence-electron chi connectivity index (χ2n) is 4.42. The molecule has 0 radical (unpaired) electrons. The van der Waals surface area contributed by atoms with Gasteiger partial charge in [-0.2, -0.15) is 0 Å². The van der Waals surface area contributed by atoms with E-state index in [1.165, 1.54) is 0 Å². The molecule has 1 aliphatic rings. The molecule has 0 atom stereocenters. The Balaban J connectivity index is 1.90. The summed E-state index contributed by atoms with van der Waals surface area (Å²) in [5, 5.41) is 9.25. The maximum atomic E-state index is 11.7. The summed E-state index contributed by atoms with van der Waals surface area (Å²) >= 11 is 0. The highest BCUT2D eigenvalue weighted by Gasteiger charge is 2.20. The van der Waals surface area contributed by atoms with Gasteiger partial charge in [-0.15, -0.1) is 0 Å². The van der Waals surface area contributed by atoms with Crippen molar-refractivity contribution in [3.05, 3.63) is 24.3 Å². The Bertz CT molecular complexity index is 397. The fourth-order valence-electron chi connectivity index (χ4n) is 2.16. The average molecular weight is 249 g/mol. The van der Waals surface area contributed by atoms with Gasteiger partial charge in [-0.3, -0.25) is 4.79 Å². The van der Waals surface area contributed by atoms with Crippen LogP contribution in [0.2, 0.25) is 0 Å². The third-order valence-electron chi connectivity index (χ3n) is 3.21. The van der Waals surface area contributed by atoms with Crippen LogP contribution >= 0.6 is 0 Å². The predicted octanol–water partition coefficient (Wildman–Crippen LogP) is 0.390. The number of phenols is 1. The largest absolute Gasteiger partial charge is 0.508 e. The van der Waals surface area contributed by atoms with Gasteiger partial charge in [0.15, 0.2) is 0 Å². The Morgan fingerprint density at radius 2 is 1.78 bits per heavy atom. The minimum atomic E-state index is 0.142. The molecule has 5 nitrogen and oxygen atoms in total. The van der Waals surface area contributed by atoms with Crippen molar-refractivity contribution >= 4 is 11.6 Å². The van der Waals surface area contributed by atoms with Crippen LogP contribution in [0.4, 0.5) is 5.69 Å². The fraction of sp³-hybridized carbons (Fsp3) is 0.462. The van der Waals surface area contributed by atoms with Crippen molar-refractivity contribution in [2.24, 2.45) is 5.73 Å². The minimum Gasteiger partial charge on any atom is -0.508 e. The van der Waals surface area contributed by atoms with Gasteiger partial charge in [0.1, 0.15) is 5.75 Å². The van der Waals surface area contributed by atoms with E-state index in [1.807, 2.05) is 17.0 Å². The van der Waals surface area contributed by atoms with E-state index in [0.717, 1.165) is 31.9 Å². The number of hydrogen-bond donors (Lipinski definition) is 2. The first-order valence-corrected chi connectivity index (χ1v) is 6.22. The zero-order valence-electron chi connectivity index (χ0n) is 10.4. The van der Waals surface area contributed by atoms with Gasteiger partial charge in [-0.25, -0.2) is 0 Å². The lowest BCUT2D eigenvalue weighted by atomic mass is 10.2. The molecule has 98 valence electrons. The van der Waals surface area contributed by atoms with Gasteiger partial charge in [0.2, 0.25) is 5.91 Å². The summed E-state index contributed by atoms with van der Waals surface area (Å²) in [6.07, 6.45) is 0.430. The van der Waals surface area contributed by atoms with E-state index < -0.39 is 0 Å². The highest BCUT2D eigenvalue weighted by molar-refractivity contribution is 5.76. The van der Waals surface area contributed by atoms with E-state index in [-0.39, 0.29) is 11.7 Å². The topological polar surface area (TPSA) is 69.8 Å². The molecule has 0 bridgehead atoms. The summed E-state index contributed by atoms with van der Waals surface area (Å²) in [7, 11) is 0. The summed E-state index contributed by atoms with van der Waals surface area (Å²) < 4.78 is 0. The van der Waals surface area contributed by atoms with Gasteiger partial charge < -0.3 is 20.6 Å². The molecule has 1 aromatic rings. The van der Waals surface area contributed by atoms with Crippen molar-refractivity contribution in [2.75, 3.05) is 37.6 Å². The first-order chi connectivity index (χ1) is 8.70. The number of nitrogens with zero attached hydrogens (tertiary/aromatic N) is 2. The molecule has 2 rings (SSSR count). The molecule has 18 heavy (non-hydrogen) atoms. The zero-order chi connectivity index (χ0) is 13.0. The van der Waals surface area contributed by atoms with Crippen molar-refractivity contribution in [3.8, 4) is 5.75 Å². The Labute approximate surface area is 107 Å². The summed E-state index contributed by atoms with van der Waals surface area (Å²) in [6.45, 7) is 3.53. The molecule has 1 amide bonds. The molecule has 1 saturated heterocycles. The number of anilines is 1. The lowest BCUT2D eigenvalue weighted by molar-refractivity contribution is -0.131. The van der Waals surface area contributed by atoms with Crippen LogP contribution in [0.15, 0.2) is 24.3 Å². The summed E-state index contributed by atoms with van der Waals surface area (Å²) in [5.74, 6) is 0.415. The van der Waals surface area contributed by atoms with E-state index in [4.69, 9.17) is 5.73 Å². The number of aromatic hydroxyl groups is 1. The molecule has 1 aromatic carbocycles. The van der Waals surface area contributed by atoms with E-state index in [9.17, 15) is 9.90 Å². The maximum absolute atomic E-state index is 11.7. The summed E-state index contributed by atoms with van der Waals surface area (Å²) in [5.41, 5.74) is 6.47. The Morgan fingerprint density at radius 3 is 2.33 bits per heavy atom. The van der Waals surface area contributed by atoms with Crippen LogP contribution in [0.1, 0.15) is 6.42 Å². The fourth-order valence-corrected chi connectivity index (χ4v) is 2.16. The SMILES string of the molecule is NCCC(=O)N1CCN(c2ccc(O)cc2)CC1. The number of benzene rings is 1. The molecule has 1 fully saturated rings. The zero-order valence-corrected chi connectivity index (χ0v) is 10.4. The van der Waals surface area contributed by atoms with E-state index in [2.05, 4.69) is 4.90 Å². The Kier molecular flexibility index (Phi) is 4.04. The van der Waals surface area contributed by atoms with Crippen LogP contribution in [0.5, 0.6) is 5.75 Å². The highest BCUT2D eigenvalue weighted by atomic mass is 16.3. The van der Waals surface area contributed by atoms with Crippen molar-refractivity contribution in [1.82, 2.24) is 4.90 Å². The molecule has 1 heterocycles. The third kappa shape index (κ3) is 2.92. The number of piperazine rings is 1.